The summed E-state index contributed by atoms with van der Waals surface area (Å²) in [4.78, 5) is 40.9. The fraction of sp³-hybridized carbons (Fsp3) is 0.269. The number of methoxy groups -OCH3 is 1. The van der Waals surface area contributed by atoms with Gasteiger partial charge in [0.1, 0.15) is 17.8 Å². The third kappa shape index (κ3) is 4.54. The van der Waals surface area contributed by atoms with E-state index in [1.807, 2.05) is 41.8 Å². The number of hydrogen-bond donors (Lipinski definition) is 2. The highest BCUT2D eigenvalue weighted by molar-refractivity contribution is 7.10. The molecule has 1 aliphatic heterocycles. The Hall–Kier alpha value is -3.65. The zero-order valence-corrected chi connectivity index (χ0v) is 20.1. The molecule has 2 N–H and O–H groups in total. The molecule has 1 saturated heterocycles. The monoisotopic (exact) mass is 477 g/mol. The van der Waals surface area contributed by atoms with Crippen molar-refractivity contribution in [2.24, 2.45) is 0 Å². The van der Waals surface area contributed by atoms with E-state index < -0.39 is 23.4 Å². The van der Waals surface area contributed by atoms with Crippen molar-refractivity contribution in [3.05, 3.63) is 87.6 Å². The summed E-state index contributed by atoms with van der Waals surface area (Å²) in [6.45, 7) is 3.35. The van der Waals surface area contributed by atoms with Crippen LogP contribution in [0.3, 0.4) is 0 Å². The van der Waals surface area contributed by atoms with Crippen LogP contribution in [0.1, 0.15) is 41.5 Å². The molecule has 1 fully saturated rings. The van der Waals surface area contributed by atoms with Gasteiger partial charge in [-0.1, -0.05) is 49.4 Å². The molecule has 0 saturated carbocycles. The van der Waals surface area contributed by atoms with Gasteiger partial charge in [-0.05, 0) is 53.6 Å². The molecular formula is C26H27N3O4S. The number of nitrogens with zero attached hydrogens (tertiary/aromatic N) is 1. The third-order valence-electron chi connectivity index (χ3n) is 6.10. The molecule has 2 atom stereocenters. The summed E-state index contributed by atoms with van der Waals surface area (Å²) in [6.07, 6.45) is 0.926. The Kier molecular flexibility index (Phi) is 6.70. The van der Waals surface area contributed by atoms with Crippen molar-refractivity contribution in [1.82, 2.24) is 15.5 Å². The molecule has 2 aromatic carbocycles. The zero-order valence-electron chi connectivity index (χ0n) is 19.3. The second-order valence-electron chi connectivity index (χ2n) is 8.29. The number of thiophene rings is 1. The van der Waals surface area contributed by atoms with E-state index in [1.165, 1.54) is 16.9 Å². The fourth-order valence-electron chi connectivity index (χ4n) is 4.03. The lowest BCUT2D eigenvalue weighted by Crippen LogP contribution is -2.44. The number of amides is 4. The number of imide groups is 1. The van der Waals surface area contributed by atoms with Crippen LogP contribution in [-0.4, -0.2) is 36.4 Å². The fourth-order valence-corrected chi connectivity index (χ4v) is 4.83. The third-order valence-corrected chi connectivity index (χ3v) is 7.04. The van der Waals surface area contributed by atoms with Crippen LogP contribution in [0.15, 0.2) is 66.0 Å². The molecule has 0 radical (unpaired) electrons. The molecule has 0 spiro atoms. The van der Waals surface area contributed by atoms with Crippen LogP contribution in [0.4, 0.5) is 4.79 Å². The van der Waals surface area contributed by atoms with E-state index in [4.69, 9.17) is 4.74 Å². The van der Waals surface area contributed by atoms with E-state index in [1.54, 1.807) is 38.3 Å². The molecule has 1 aliphatic rings. The maximum absolute atomic E-state index is 13.2. The van der Waals surface area contributed by atoms with Gasteiger partial charge in [-0.15, -0.1) is 11.3 Å². The van der Waals surface area contributed by atoms with Crippen LogP contribution in [0.5, 0.6) is 5.75 Å². The Bertz CT molecular complexity index is 1180. The number of aryl methyl sites for hydroxylation is 1. The van der Waals surface area contributed by atoms with Crippen LogP contribution in [0.2, 0.25) is 0 Å². The average molecular weight is 478 g/mol. The standard InChI is InChI=1S/C26H27N3O4S/c1-4-17-7-9-18(10-8-17)23(21-6-5-15-34-21)27-22(30)16-29-24(31)26(2,28-25(29)32)19-11-13-20(33-3)14-12-19/h5-15,23H,4,16H2,1-3H3,(H,27,30)(H,28,32). The number of carbonyl (C=O) groups excluding carboxylic acids is 3. The molecular weight excluding hydrogens is 450 g/mol. The Morgan fingerprint density at radius 2 is 1.82 bits per heavy atom. The molecule has 176 valence electrons. The van der Waals surface area contributed by atoms with Crippen LogP contribution >= 0.6 is 11.3 Å². The Labute approximate surface area is 202 Å². The highest BCUT2D eigenvalue weighted by atomic mass is 32.1. The summed E-state index contributed by atoms with van der Waals surface area (Å²) < 4.78 is 5.17. The summed E-state index contributed by atoms with van der Waals surface area (Å²) in [5.74, 6) is -0.245. The quantitative estimate of drug-likeness (QED) is 0.480. The second kappa shape index (κ2) is 9.69. The molecule has 1 aromatic heterocycles. The number of benzene rings is 2. The minimum Gasteiger partial charge on any atom is -0.497 e. The van der Waals surface area contributed by atoms with Crippen molar-refractivity contribution in [3.63, 3.8) is 0 Å². The van der Waals surface area contributed by atoms with Crippen LogP contribution < -0.4 is 15.4 Å². The number of hydrogen-bond acceptors (Lipinski definition) is 5. The van der Waals surface area contributed by atoms with Gasteiger partial charge in [0, 0.05) is 4.88 Å². The molecule has 0 bridgehead atoms. The van der Waals surface area contributed by atoms with E-state index in [9.17, 15) is 14.4 Å². The summed E-state index contributed by atoms with van der Waals surface area (Å²) in [5, 5.41) is 7.69. The first-order chi connectivity index (χ1) is 16.4. The molecule has 3 aromatic rings. The maximum atomic E-state index is 13.2. The SMILES string of the molecule is CCc1ccc(C(NC(=O)CN2C(=O)NC(C)(c3ccc(OC)cc3)C2=O)c2cccs2)cc1. The maximum Gasteiger partial charge on any atom is 0.325 e. The van der Waals surface area contributed by atoms with E-state index in [-0.39, 0.29) is 12.6 Å². The minimum atomic E-state index is -1.26. The summed E-state index contributed by atoms with van der Waals surface area (Å²) in [6, 6.07) is 17.9. The summed E-state index contributed by atoms with van der Waals surface area (Å²) in [7, 11) is 1.56. The van der Waals surface area contributed by atoms with Crippen molar-refractivity contribution in [2.75, 3.05) is 13.7 Å². The van der Waals surface area contributed by atoms with Crippen molar-refractivity contribution >= 4 is 29.2 Å². The Balaban J connectivity index is 1.51. The van der Waals surface area contributed by atoms with Gasteiger partial charge in [0.05, 0.1) is 13.2 Å². The van der Waals surface area contributed by atoms with E-state index in [0.29, 0.717) is 11.3 Å². The summed E-state index contributed by atoms with van der Waals surface area (Å²) >= 11 is 1.54. The number of ether oxygens (including phenoxy) is 1. The Morgan fingerprint density at radius 3 is 2.41 bits per heavy atom. The van der Waals surface area contributed by atoms with E-state index in [0.717, 1.165) is 21.8 Å². The predicted octanol–water partition coefficient (Wildman–Crippen LogP) is 3.99. The van der Waals surface area contributed by atoms with Crippen LogP contribution in [0, 0.1) is 0 Å². The highest BCUT2D eigenvalue weighted by Gasteiger charge is 2.49. The second-order valence-corrected chi connectivity index (χ2v) is 9.27. The van der Waals surface area contributed by atoms with Gasteiger partial charge in [-0.3, -0.25) is 14.5 Å². The molecule has 2 unspecified atom stereocenters. The number of rotatable bonds is 8. The molecule has 4 amide bonds. The summed E-state index contributed by atoms with van der Waals surface area (Å²) in [5.41, 5.74) is 1.50. The van der Waals surface area contributed by atoms with Gasteiger partial charge in [-0.25, -0.2) is 4.79 Å². The largest absolute Gasteiger partial charge is 0.497 e. The lowest BCUT2D eigenvalue weighted by molar-refractivity contribution is -0.135. The van der Waals surface area contributed by atoms with Crippen LogP contribution in [-0.2, 0) is 21.5 Å². The highest BCUT2D eigenvalue weighted by Crippen LogP contribution is 2.30. The van der Waals surface area contributed by atoms with Gasteiger partial charge in [-0.2, -0.15) is 0 Å². The lowest BCUT2D eigenvalue weighted by atomic mass is 9.92. The van der Waals surface area contributed by atoms with Gasteiger partial charge < -0.3 is 15.4 Å². The predicted molar refractivity (Wildman–Crippen MR) is 131 cm³/mol. The zero-order chi connectivity index (χ0) is 24.3. The number of nitrogens with one attached hydrogen (secondary N) is 2. The van der Waals surface area contributed by atoms with Gasteiger partial charge in [0.25, 0.3) is 5.91 Å². The van der Waals surface area contributed by atoms with E-state index in [2.05, 4.69) is 17.6 Å². The first-order valence-corrected chi connectivity index (χ1v) is 11.9. The molecule has 2 heterocycles. The Morgan fingerprint density at radius 1 is 1.12 bits per heavy atom. The lowest BCUT2D eigenvalue weighted by Gasteiger charge is -2.23. The average Bonchev–Trinajstić information content (AvgIpc) is 3.46. The van der Waals surface area contributed by atoms with Crippen LogP contribution in [0.25, 0.3) is 0 Å². The molecule has 7 nitrogen and oxygen atoms in total. The van der Waals surface area contributed by atoms with Crippen molar-refractivity contribution in [1.29, 1.82) is 0 Å². The topological polar surface area (TPSA) is 87.7 Å². The first kappa shape index (κ1) is 23.5. The minimum absolute atomic E-state index is 0.368. The first-order valence-electron chi connectivity index (χ1n) is 11.1. The smallest absolute Gasteiger partial charge is 0.325 e. The van der Waals surface area contributed by atoms with Gasteiger partial charge in [0.2, 0.25) is 5.91 Å². The normalized spacial score (nSPS) is 18.5. The van der Waals surface area contributed by atoms with Crippen molar-refractivity contribution in [2.45, 2.75) is 31.8 Å². The van der Waals surface area contributed by atoms with Crippen molar-refractivity contribution in [3.8, 4) is 5.75 Å². The van der Waals surface area contributed by atoms with Gasteiger partial charge >= 0.3 is 6.03 Å². The molecule has 34 heavy (non-hydrogen) atoms. The van der Waals surface area contributed by atoms with E-state index >= 15 is 0 Å². The molecule has 8 heteroatoms. The number of carbonyl (C=O) groups is 3. The van der Waals surface area contributed by atoms with Crippen molar-refractivity contribution < 1.29 is 19.1 Å². The number of urea groups is 1. The van der Waals surface area contributed by atoms with Gasteiger partial charge in [0.15, 0.2) is 0 Å². The molecule has 0 aliphatic carbocycles. The molecule has 4 rings (SSSR count).